The molecule has 0 radical (unpaired) electrons. The second-order valence-corrected chi connectivity index (χ2v) is 8.12. The highest BCUT2D eigenvalue weighted by atomic mass is 16.6. The van der Waals surface area contributed by atoms with Crippen LogP contribution in [0.15, 0.2) is 0 Å². The van der Waals surface area contributed by atoms with E-state index in [-0.39, 0.29) is 12.1 Å². The first-order chi connectivity index (χ1) is 11.8. The molecule has 0 bridgehead atoms. The van der Waals surface area contributed by atoms with Gasteiger partial charge in [-0.3, -0.25) is 4.90 Å². The Kier molecular flexibility index (Phi) is 5.32. The molecule has 0 saturated carbocycles. The number of carbonyl (C=O) groups excluding carboxylic acids is 1. The molecule has 0 N–H and O–H groups in total. The largest absolute Gasteiger partial charge is 0.444 e. The third-order valence-corrected chi connectivity index (χ3v) is 5.03. The number of fused-ring (bicyclic) bond motifs is 1. The zero-order valence-corrected chi connectivity index (χ0v) is 16.0. The van der Waals surface area contributed by atoms with Gasteiger partial charge in [0.1, 0.15) is 17.2 Å². The van der Waals surface area contributed by atoms with Crippen LogP contribution in [-0.4, -0.2) is 62.4 Å². The summed E-state index contributed by atoms with van der Waals surface area (Å²) < 4.78 is 7.79. The van der Waals surface area contributed by atoms with Gasteiger partial charge in [0.15, 0.2) is 0 Å². The van der Waals surface area contributed by atoms with Crippen molar-refractivity contribution in [3.8, 4) is 0 Å². The van der Waals surface area contributed by atoms with Crippen molar-refractivity contribution in [2.75, 3.05) is 26.2 Å². The molecule has 1 aromatic heterocycles. The van der Waals surface area contributed by atoms with Crippen LogP contribution in [0.1, 0.15) is 64.6 Å². The monoisotopic (exact) mass is 349 g/mol. The van der Waals surface area contributed by atoms with Gasteiger partial charge in [-0.1, -0.05) is 6.42 Å². The molecule has 2 aliphatic rings. The van der Waals surface area contributed by atoms with E-state index in [1.165, 1.54) is 19.3 Å². The lowest BCUT2D eigenvalue weighted by Crippen LogP contribution is -2.50. The van der Waals surface area contributed by atoms with Gasteiger partial charge in [0.2, 0.25) is 0 Å². The van der Waals surface area contributed by atoms with Crippen LogP contribution in [0.25, 0.3) is 0 Å². The molecule has 0 aliphatic carbocycles. The van der Waals surface area contributed by atoms with Gasteiger partial charge in [-0.2, -0.15) is 0 Å². The van der Waals surface area contributed by atoms with Gasteiger partial charge in [-0.05, 0) is 40.5 Å². The average molecular weight is 349 g/mol. The SMILES string of the molecule is C[C@H](c1nnc2n1CCCCC2)N1CCN(C(=O)OC(C)(C)C)CC1. The van der Waals surface area contributed by atoms with Gasteiger partial charge in [-0.25, -0.2) is 4.79 Å². The van der Waals surface area contributed by atoms with Crippen molar-refractivity contribution in [2.45, 2.75) is 71.6 Å². The number of hydrogen-bond donors (Lipinski definition) is 0. The molecule has 1 fully saturated rings. The molecule has 7 nitrogen and oxygen atoms in total. The molecule has 7 heteroatoms. The Labute approximate surface area is 150 Å². The van der Waals surface area contributed by atoms with Crippen LogP contribution in [-0.2, 0) is 17.7 Å². The molecule has 0 aromatic carbocycles. The summed E-state index contributed by atoms with van der Waals surface area (Å²) in [6, 6.07) is 0.222. The first kappa shape index (κ1) is 18.2. The fourth-order valence-corrected chi connectivity index (χ4v) is 3.60. The number of aromatic nitrogens is 3. The smallest absolute Gasteiger partial charge is 0.410 e. The molecule has 1 saturated heterocycles. The van der Waals surface area contributed by atoms with Crippen LogP contribution in [0.4, 0.5) is 4.79 Å². The Morgan fingerprint density at radius 2 is 1.76 bits per heavy atom. The van der Waals surface area contributed by atoms with Crippen molar-refractivity contribution in [3.63, 3.8) is 0 Å². The Morgan fingerprint density at radius 1 is 1.04 bits per heavy atom. The molecule has 1 atom stereocenters. The quantitative estimate of drug-likeness (QED) is 0.821. The minimum Gasteiger partial charge on any atom is -0.444 e. The highest BCUT2D eigenvalue weighted by Crippen LogP contribution is 2.24. The summed E-state index contributed by atoms with van der Waals surface area (Å²) in [5, 5.41) is 8.90. The number of piperazine rings is 1. The first-order valence-corrected chi connectivity index (χ1v) is 9.49. The summed E-state index contributed by atoms with van der Waals surface area (Å²) in [5.41, 5.74) is -0.444. The number of rotatable bonds is 2. The van der Waals surface area contributed by atoms with E-state index >= 15 is 0 Å². The van der Waals surface area contributed by atoms with E-state index in [0.29, 0.717) is 13.1 Å². The molecule has 25 heavy (non-hydrogen) atoms. The van der Waals surface area contributed by atoms with Crippen molar-refractivity contribution < 1.29 is 9.53 Å². The highest BCUT2D eigenvalue weighted by Gasteiger charge is 2.30. The minimum atomic E-state index is -0.444. The Bertz CT molecular complexity index is 599. The molecule has 3 rings (SSSR count). The third-order valence-electron chi connectivity index (χ3n) is 5.03. The van der Waals surface area contributed by atoms with Crippen LogP contribution < -0.4 is 0 Å². The molecule has 1 amide bonds. The zero-order valence-electron chi connectivity index (χ0n) is 16.0. The normalized spacial score (nSPS) is 20.7. The van der Waals surface area contributed by atoms with Gasteiger partial charge in [0.05, 0.1) is 6.04 Å². The van der Waals surface area contributed by atoms with Crippen LogP contribution in [0.3, 0.4) is 0 Å². The number of ether oxygens (including phenoxy) is 1. The second-order valence-electron chi connectivity index (χ2n) is 8.12. The number of hydrogen-bond acceptors (Lipinski definition) is 5. The lowest BCUT2D eigenvalue weighted by molar-refractivity contribution is 0.0105. The lowest BCUT2D eigenvalue weighted by atomic mass is 10.2. The predicted octanol–water partition coefficient (Wildman–Crippen LogP) is 2.62. The van der Waals surface area contributed by atoms with E-state index < -0.39 is 5.60 Å². The summed E-state index contributed by atoms with van der Waals surface area (Å²) in [7, 11) is 0. The lowest BCUT2D eigenvalue weighted by Gasteiger charge is -2.38. The van der Waals surface area contributed by atoms with E-state index in [9.17, 15) is 4.79 Å². The Hall–Kier alpha value is -1.63. The maximum Gasteiger partial charge on any atom is 0.410 e. The number of amides is 1. The zero-order chi connectivity index (χ0) is 18.0. The molecule has 0 unspecified atom stereocenters. The van der Waals surface area contributed by atoms with Gasteiger partial charge >= 0.3 is 6.09 Å². The van der Waals surface area contributed by atoms with E-state index in [1.54, 1.807) is 4.90 Å². The Morgan fingerprint density at radius 3 is 2.44 bits per heavy atom. The highest BCUT2D eigenvalue weighted by molar-refractivity contribution is 5.68. The van der Waals surface area contributed by atoms with Crippen molar-refractivity contribution >= 4 is 6.09 Å². The summed E-state index contributed by atoms with van der Waals surface area (Å²) in [6.07, 6.45) is 4.51. The fourth-order valence-electron chi connectivity index (χ4n) is 3.60. The third kappa shape index (κ3) is 4.32. The topological polar surface area (TPSA) is 63.5 Å². The summed E-state index contributed by atoms with van der Waals surface area (Å²) >= 11 is 0. The maximum absolute atomic E-state index is 12.2. The van der Waals surface area contributed by atoms with E-state index in [0.717, 1.165) is 37.7 Å². The molecule has 140 valence electrons. The Balaban J connectivity index is 1.60. The molecule has 1 aromatic rings. The second kappa shape index (κ2) is 7.32. The van der Waals surface area contributed by atoms with Crippen LogP contribution in [0, 0.1) is 0 Å². The maximum atomic E-state index is 12.2. The van der Waals surface area contributed by atoms with E-state index in [1.807, 2.05) is 20.8 Å². The van der Waals surface area contributed by atoms with Gasteiger partial charge < -0.3 is 14.2 Å². The average Bonchev–Trinajstić information content (AvgIpc) is 2.81. The standard InChI is InChI=1S/C18H31N5O2/c1-14(16-20-19-15-8-6-5-7-9-23(15)16)21-10-12-22(13-11-21)17(24)25-18(2,3)4/h14H,5-13H2,1-4H3/t14-/m1/s1. The molecular weight excluding hydrogens is 318 g/mol. The van der Waals surface area contributed by atoms with Crippen molar-refractivity contribution in [3.05, 3.63) is 11.6 Å². The van der Waals surface area contributed by atoms with Crippen LogP contribution in [0.5, 0.6) is 0 Å². The van der Waals surface area contributed by atoms with Gasteiger partial charge in [-0.15, -0.1) is 10.2 Å². The minimum absolute atomic E-state index is 0.212. The fraction of sp³-hybridized carbons (Fsp3) is 0.833. The number of nitrogens with zero attached hydrogens (tertiary/aromatic N) is 5. The van der Waals surface area contributed by atoms with Crippen molar-refractivity contribution in [2.24, 2.45) is 0 Å². The van der Waals surface area contributed by atoms with Crippen molar-refractivity contribution in [1.29, 1.82) is 0 Å². The van der Waals surface area contributed by atoms with Gasteiger partial charge in [0, 0.05) is 39.1 Å². The van der Waals surface area contributed by atoms with Crippen LogP contribution in [0.2, 0.25) is 0 Å². The van der Waals surface area contributed by atoms with E-state index in [2.05, 4.69) is 26.6 Å². The van der Waals surface area contributed by atoms with Gasteiger partial charge in [0.25, 0.3) is 0 Å². The first-order valence-electron chi connectivity index (χ1n) is 9.49. The molecule has 3 heterocycles. The molecule has 0 spiro atoms. The molecule has 2 aliphatic heterocycles. The summed E-state index contributed by atoms with van der Waals surface area (Å²) in [5.74, 6) is 2.20. The number of aryl methyl sites for hydroxylation is 1. The summed E-state index contributed by atoms with van der Waals surface area (Å²) in [6.45, 7) is 12.0. The van der Waals surface area contributed by atoms with E-state index in [4.69, 9.17) is 4.74 Å². The summed E-state index contributed by atoms with van der Waals surface area (Å²) in [4.78, 5) is 16.4. The number of carbonyl (C=O) groups is 1. The van der Waals surface area contributed by atoms with Crippen LogP contribution >= 0.6 is 0 Å². The van der Waals surface area contributed by atoms with Crippen molar-refractivity contribution in [1.82, 2.24) is 24.6 Å². The predicted molar refractivity (Wildman–Crippen MR) is 95.4 cm³/mol. The molecular formula is C18H31N5O2.